The summed E-state index contributed by atoms with van der Waals surface area (Å²) in [6.07, 6.45) is -0.497. The minimum atomic E-state index is -3.01. The maximum absolute atomic E-state index is 12.9. The Morgan fingerprint density at radius 2 is 1.91 bits per heavy atom. The number of nitrogens with one attached hydrogen (secondary N) is 1. The van der Waals surface area contributed by atoms with Gasteiger partial charge in [0.2, 0.25) is 11.8 Å². The van der Waals surface area contributed by atoms with E-state index in [-0.39, 0.29) is 6.42 Å². The van der Waals surface area contributed by atoms with Gasteiger partial charge in [0, 0.05) is 12.8 Å². The van der Waals surface area contributed by atoms with Crippen molar-refractivity contribution in [3.05, 3.63) is 35.9 Å². The van der Waals surface area contributed by atoms with Crippen LogP contribution in [0.4, 0.5) is 8.78 Å². The molecule has 0 heterocycles. The molecule has 0 aliphatic heterocycles. The van der Waals surface area contributed by atoms with Crippen LogP contribution in [0.25, 0.3) is 0 Å². The van der Waals surface area contributed by atoms with Crippen molar-refractivity contribution in [3.63, 3.8) is 0 Å². The molecule has 0 spiro atoms. The number of rotatable bonds is 7. The third-order valence-corrected chi connectivity index (χ3v) is 3.36. The van der Waals surface area contributed by atoms with Crippen molar-refractivity contribution in [2.24, 2.45) is 0 Å². The summed E-state index contributed by atoms with van der Waals surface area (Å²) >= 11 is 3.87. The molecule has 1 aromatic carbocycles. The number of carbonyl (C=O) groups excluding carboxylic acids is 2. The maximum atomic E-state index is 12.9. The molecule has 122 valence electrons. The number of halogens is 2. The predicted octanol–water partition coefficient (Wildman–Crippen LogP) is 2.23. The van der Waals surface area contributed by atoms with Gasteiger partial charge in [0.1, 0.15) is 6.04 Å². The third kappa shape index (κ3) is 6.43. The average molecular weight is 331 g/mol. The molecule has 1 amide bonds. The number of hydrogen-bond acceptors (Lipinski definition) is 4. The van der Waals surface area contributed by atoms with Gasteiger partial charge < -0.3 is 10.1 Å². The van der Waals surface area contributed by atoms with E-state index in [9.17, 15) is 18.4 Å². The summed E-state index contributed by atoms with van der Waals surface area (Å²) in [7, 11) is 1.20. The van der Waals surface area contributed by atoms with Gasteiger partial charge in [-0.3, -0.25) is 4.79 Å². The Hall–Kier alpha value is -1.63. The van der Waals surface area contributed by atoms with Crippen LogP contribution in [0, 0.1) is 0 Å². The highest BCUT2D eigenvalue weighted by Crippen LogP contribution is 2.21. The first-order valence-corrected chi connectivity index (χ1v) is 7.22. The Morgan fingerprint density at radius 3 is 2.41 bits per heavy atom. The van der Waals surface area contributed by atoms with E-state index in [1.165, 1.54) is 7.11 Å². The second-order valence-corrected chi connectivity index (χ2v) is 5.69. The number of benzene rings is 1. The molecule has 0 aliphatic rings. The summed E-state index contributed by atoms with van der Waals surface area (Å²) in [6.45, 7) is 0.714. The lowest BCUT2D eigenvalue weighted by Gasteiger charge is -2.20. The van der Waals surface area contributed by atoms with Crippen LogP contribution in [0.1, 0.15) is 18.9 Å². The summed E-state index contributed by atoms with van der Waals surface area (Å²) in [6, 6.07) is 8.05. The Morgan fingerprint density at radius 1 is 1.32 bits per heavy atom. The molecule has 0 bridgehead atoms. The largest absolute Gasteiger partial charge is 0.467 e. The Kier molecular flexibility index (Phi) is 6.80. The van der Waals surface area contributed by atoms with Crippen molar-refractivity contribution >= 4 is 24.5 Å². The lowest BCUT2D eigenvalue weighted by Crippen LogP contribution is -2.46. The first-order valence-electron chi connectivity index (χ1n) is 6.71. The van der Waals surface area contributed by atoms with Gasteiger partial charge in [0.05, 0.1) is 12.4 Å². The monoisotopic (exact) mass is 331 g/mol. The number of ether oxygens (including phenoxy) is 1. The normalized spacial score (nSPS) is 14.0. The molecule has 7 heteroatoms. The molecule has 0 aliphatic carbocycles. The summed E-state index contributed by atoms with van der Waals surface area (Å²) in [5, 5.41) is 1.21. The fourth-order valence-electron chi connectivity index (χ4n) is 1.89. The smallest absolute Gasteiger partial charge is 0.328 e. The first kappa shape index (κ1) is 18.4. The van der Waals surface area contributed by atoms with Crippen LogP contribution in [-0.2, 0) is 20.7 Å². The van der Waals surface area contributed by atoms with Crippen molar-refractivity contribution in [3.8, 4) is 0 Å². The molecule has 0 saturated carbocycles. The fraction of sp³-hybridized carbons (Fsp3) is 0.467. The number of amides is 1. The van der Waals surface area contributed by atoms with Crippen molar-refractivity contribution in [2.45, 2.75) is 37.0 Å². The SMILES string of the molecule is COC(=O)[C@H](Cc1ccccc1)NC(=O)[C@@H](S)CC(C)(F)F. The second kappa shape index (κ2) is 8.12. The lowest BCUT2D eigenvalue weighted by molar-refractivity contribution is -0.145. The van der Waals surface area contributed by atoms with Gasteiger partial charge in [-0.15, -0.1) is 0 Å². The number of carbonyl (C=O) groups is 2. The van der Waals surface area contributed by atoms with Gasteiger partial charge in [-0.05, 0) is 12.5 Å². The summed E-state index contributed by atoms with van der Waals surface area (Å²) in [4.78, 5) is 23.7. The van der Waals surface area contributed by atoms with Crippen LogP contribution in [0.15, 0.2) is 30.3 Å². The molecule has 1 rings (SSSR count). The highest BCUT2D eigenvalue weighted by atomic mass is 32.1. The molecule has 0 aromatic heterocycles. The topological polar surface area (TPSA) is 55.4 Å². The van der Waals surface area contributed by atoms with Gasteiger partial charge in [-0.1, -0.05) is 30.3 Å². The molecule has 0 fully saturated rings. The van der Waals surface area contributed by atoms with Crippen LogP contribution in [0.5, 0.6) is 0 Å². The first-order chi connectivity index (χ1) is 10.2. The van der Waals surface area contributed by atoms with Crippen LogP contribution in [-0.4, -0.2) is 36.2 Å². The third-order valence-electron chi connectivity index (χ3n) is 2.94. The molecular weight excluding hydrogens is 312 g/mol. The van der Waals surface area contributed by atoms with Gasteiger partial charge in [-0.2, -0.15) is 12.6 Å². The number of alkyl halides is 2. The fourth-order valence-corrected chi connectivity index (χ4v) is 2.28. The Labute approximate surface area is 133 Å². The molecule has 4 nitrogen and oxygen atoms in total. The predicted molar refractivity (Wildman–Crippen MR) is 82.1 cm³/mol. The number of thiol groups is 1. The minimum Gasteiger partial charge on any atom is -0.467 e. The average Bonchev–Trinajstić information content (AvgIpc) is 2.45. The van der Waals surface area contributed by atoms with Crippen LogP contribution in [0.2, 0.25) is 0 Å². The summed E-state index contributed by atoms with van der Waals surface area (Å²) in [5.41, 5.74) is 0.815. The standard InChI is InChI=1S/C15H19F2NO3S/c1-15(16,17)9-12(22)13(19)18-11(14(20)21-2)8-10-6-4-3-5-7-10/h3-7,11-12,22H,8-9H2,1-2H3,(H,18,19)/t11-,12-/m0/s1. The van der Waals surface area contributed by atoms with Crippen LogP contribution in [0.3, 0.4) is 0 Å². The zero-order valence-corrected chi connectivity index (χ0v) is 13.3. The van der Waals surface area contributed by atoms with Crippen molar-refractivity contribution in [2.75, 3.05) is 7.11 Å². The number of esters is 1. The van der Waals surface area contributed by atoms with E-state index in [4.69, 9.17) is 0 Å². The van der Waals surface area contributed by atoms with E-state index in [0.29, 0.717) is 6.92 Å². The Balaban J connectivity index is 2.73. The van der Waals surface area contributed by atoms with Gasteiger partial charge in [-0.25, -0.2) is 13.6 Å². The Bertz CT molecular complexity index is 505. The zero-order chi connectivity index (χ0) is 16.8. The van der Waals surface area contributed by atoms with E-state index in [1.807, 2.05) is 6.07 Å². The molecule has 0 radical (unpaired) electrons. The molecule has 22 heavy (non-hydrogen) atoms. The zero-order valence-electron chi connectivity index (χ0n) is 12.4. The molecule has 2 atom stereocenters. The molecule has 1 aromatic rings. The van der Waals surface area contributed by atoms with E-state index in [1.54, 1.807) is 24.3 Å². The lowest BCUT2D eigenvalue weighted by atomic mass is 10.1. The second-order valence-electron chi connectivity index (χ2n) is 5.06. The molecule has 0 unspecified atom stereocenters. The number of methoxy groups -OCH3 is 1. The van der Waals surface area contributed by atoms with E-state index in [2.05, 4.69) is 22.7 Å². The van der Waals surface area contributed by atoms with E-state index >= 15 is 0 Å². The summed E-state index contributed by atoms with van der Waals surface area (Å²) in [5.74, 6) is -4.37. The molecule has 1 N–H and O–H groups in total. The molecular formula is C15H19F2NO3S. The summed E-state index contributed by atoms with van der Waals surface area (Å²) < 4.78 is 30.5. The van der Waals surface area contributed by atoms with Crippen molar-refractivity contribution in [1.29, 1.82) is 0 Å². The van der Waals surface area contributed by atoms with Gasteiger partial charge in [0.15, 0.2) is 0 Å². The highest BCUT2D eigenvalue weighted by molar-refractivity contribution is 7.81. The molecule has 0 saturated heterocycles. The van der Waals surface area contributed by atoms with Crippen molar-refractivity contribution < 1.29 is 23.1 Å². The van der Waals surface area contributed by atoms with Gasteiger partial charge in [0.25, 0.3) is 0 Å². The van der Waals surface area contributed by atoms with Crippen LogP contribution < -0.4 is 5.32 Å². The maximum Gasteiger partial charge on any atom is 0.328 e. The van der Waals surface area contributed by atoms with Crippen LogP contribution >= 0.6 is 12.6 Å². The van der Waals surface area contributed by atoms with Gasteiger partial charge >= 0.3 is 5.97 Å². The van der Waals surface area contributed by atoms with Crippen molar-refractivity contribution in [1.82, 2.24) is 5.32 Å². The van der Waals surface area contributed by atoms with E-state index < -0.39 is 35.5 Å². The minimum absolute atomic E-state index is 0.211. The number of hydrogen-bond donors (Lipinski definition) is 2. The highest BCUT2D eigenvalue weighted by Gasteiger charge is 2.31. The van der Waals surface area contributed by atoms with E-state index in [0.717, 1.165) is 5.56 Å². The quantitative estimate of drug-likeness (QED) is 0.595.